The Morgan fingerprint density at radius 2 is 2.15 bits per heavy atom. The van der Waals surface area contributed by atoms with Gasteiger partial charge in [-0.15, -0.1) is 0 Å². The number of carbonyl (C=O) groups is 1. The minimum absolute atomic E-state index is 0.148. The van der Waals surface area contributed by atoms with Gasteiger partial charge in [0.1, 0.15) is 5.58 Å². The molecule has 0 aliphatic heterocycles. The Balaban J connectivity index is 1.54. The van der Waals surface area contributed by atoms with Crippen LogP contribution in [0.1, 0.15) is 42.7 Å². The molecule has 0 N–H and O–H groups in total. The highest BCUT2D eigenvalue weighted by Gasteiger charge is 2.40. The van der Waals surface area contributed by atoms with Gasteiger partial charge in [-0.25, -0.2) is 0 Å². The van der Waals surface area contributed by atoms with E-state index in [1.54, 1.807) is 6.07 Å². The minimum Gasteiger partial charge on any atom is -0.453 e. The summed E-state index contributed by atoms with van der Waals surface area (Å²) in [5, 5.41) is 1.58. The van der Waals surface area contributed by atoms with Crippen molar-refractivity contribution < 1.29 is 9.21 Å². The first-order chi connectivity index (χ1) is 9.69. The zero-order valence-corrected chi connectivity index (χ0v) is 12.0. The van der Waals surface area contributed by atoms with Gasteiger partial charge in [0.05, 0.1) is 0 Å². The fourth-order valence-corrected chi connectivity index (χ4v) is 4.30. The smallest absolute Gasteiger partial charge is 0.198 e. The zero-order chi connectivity index (χ0) is 13.7. The van der Waals surface area contributed by atoms with Gasteiger partial charge in [0.2, 0.25) is 0 Å². The van der Waals surface area contributed by atoms with Crippen LogP contribution >= 0.6 is 11.6 Å². The van der Waals surface area contributed by atoms with Gasteiger partial charge in [-0.1, -0.05) is 18.0 Å². The van der Waals surface area contributed by atoms with Crippen LogP contribution in [0, 0.1) is 17.8 Å². The second-order valence-corrected chi connectivity index (χ2v) is 6.79. The molecule has 0 radical (unpaired) electrons. The summed E-state index contributed by atoms with van der Waals surface area (Å²) in [5.41, 5.74) is 0.741. The van der Waals surface area contributed by atoms with E-state index in [0.717, 1.165) is 22.8 Å². The Kier molecular flexibility index (Phi) is 2.88. The summed E-state index contributed by atoms with van der Waals surface area (Å²) >= 11 is 5.96. The van der Waals surface area contributed by atoms with E-state index in [9.17, 15) is 4.79 Å². The maximum Gasteiger partial charge on any atom is 0.198 e. The zero-order valence-electron chi connectivity index (χ0n) is 11.3. The van der Waals surface area contributed by atoms with Crippen molar-refractivity contribution in [1.29, 1.82) is 0 Å². The van der Waals surface area contributed by atoms with E-state index in [0.29, 0.717) is 23.1 Å². The molecule has 2 saturated carbocycles. The van der Waals surface area contributed by atoms with Gasteiger partial charge in [0.15, 0.2) is 11.5 Å². The lowest BCUT2D eigenvalue weighted by Crippen LogP contribution is -2.14. The first-order valence-electron chi connectivity index (χ1n) is 7.41. The molecule has 2 bridgehead atoms. The van der Waals surface area contributed by atoms with Gasteiger partial charge in [-0.2, -0.15) is 0 Å². The average Bonchev–Trinajstić information content (AvgIpc) is 3.11. The number of ketones is 1. The van der Waals surface area contributed by atoms with Gasteiger partial charge in [-0.3, -0.25) is 4.79 Å². The van der Waals surface area contributed by atoms with E-state index in [2.05, 4.69) is 0 Å². The summed E-state index contributed by atoms with van der Waals surface area (Å²) in [7, 11) is 0. The van der Waals surface area contributed by atoms with Gasteiger partial charge in [0.25, 0.3) is 0 Å². The van der Waals surface area contributed by atoms with Gasteiger partial charge in [-0.05, 0) is 61.3 Å². The molecule has 1 heterocycles. The highest BCUT2D eigenvalue weighted by atomic mass is 35.5. The molecule has 0 spiro atoms. The van der Waals surface area contributed by atoms with Gasteiger partial charge >= 0.3 is 0 Å². The number of halogens is 1. The van der Waals surface area contributed by atoms with Crippen LogP contribution in [0.15, 0.2) is 28.7 Å². The van der Waals surface area contributed by atoms with Crippen LogP contribution in [0.25, 0.3) is 11.0 Å². The molecule has 3 unspecified atom stereocenters. The Morgan fingerprint density at radius 1 is 1.25 bits per heavy atom. The molecule has 20 heavy (non-hydrogen) atoms. The van der Waals surface area contributed by atoms with E-state index in [1.807, 2.05) is 18.2 Å². The average molecular weight is 289 g/mol. The highest BCUT2D eigenvalue weighted by molar-refractivity contribution is 6.31. The van der Waals surface area contributed by atoms with E-state index in [-0.39, 0.29) is 5.78 Å². The van der Waals surface area contributed by atoms with Crippen molar-refractivity contribution in [1.82, 2.24) is 0 Å². The van der Waals surface area contributed by atoms with E-state index >= 15 is 0 Å². The molecule has 104 valence electrons. The summed E-state index contributed by atoms with van der Waals surface area (Å²) in [6.45, 7) is 0. The standard InChI is InChI=1S/C17H17ClO2/c18-14-3-4-16-13(7-14)9-17(20-16)15(19)8-12-6-10-1-2-11(12)5-10/h3-4,7,9-12H,1-2,5-6,8H2. The lowest BCUT2D eigenvalue weighted by atomic mass is 9.85. The molecule has 0 amide bonds. The number of hydrogen-bond acceptors (Lipinski definition) is 2. The number of furan rings is 1. The van der Waals surface area contributed by atoms with E-state index in [1.165, 1.54) is 25.7 Å². The maximum absolute atomic E-state index is 12.4. The quantitative estimate of drug-likeness (QED) is 0.736. The van der Waals surface area contributed by atoms with Crippen LogP contribution < -0.4 is 0 Å². The fraction of sp³-hybridized carbons (Fsp3) is 0.471. The summed E-state index contributed by atoms with van der Waals surface area (Å²) in [6, 6.07) is 7.29. The first kappa shape index (κ1) is 12.5. The molecule has 3 heteroatoms. The van der Waals surface area contributed by atoms with Crippen LogP contribution in [0.4, 0.5) is 0 Å². The lowest BCUT2D eigenvalue weighted by Gasteiger charge is -2.20. The van der Waals surface area contributed by atoms with Gasteiger partial charge in [0, 0.05) is 16.8 Å². The number of carbonyl (C=O) groups excluding carboxylic acids is 1. The first-order valence-corrected chi connectivity index (χ1v) is 7.79. The minimum atomic E-state index is 0.148. The molecule has 1 aromatic carbocycles. The molecular weight excluding hydrogens is 272 g/mol. The summed E-state index contributed by atoms with van der Waals surface area (Å²) in [4.78, 5) is 12.4. The Labute approximate surface area is 123 Å². The van der Waals surface area contributed by atoms with Crippen molar-refractivity contribution in [2.24, 2.45) is 17.8 Å². The van der Waals surface area contributed by atoms with Crippen LogP contribution in [0.5, 0.6) is 0 Å². The van der Waals surface area contributed by atoms with Crippen molar-refractivity contribution >= 4 is 28.4 Å². The molecule has 2 fully saturated rings. The largest absolute Gasteiger partial charge is 0.453 e. The Hall–Kier alpha value is -1.28. The maximum atomic E-state index is 12.4. The highest BCUT2D eigenvalue weighted by Crippen LogP contribution is 2.49. The third kappa shape index (κ3) is 2.07. The third-order valence-electron chi connectivity index (χ3n) is 5.09. The Morgan fingerprint density at radius 3 is 2.90 bits per heavy atom. The van der Waals surface area contributed by atoms with Crippen molar-refractivity contribution in [3.8, 4) is 0 Å². The number of benzene rings is 1. The van der Waals surface area contributed by atoms with Gasteiger partial charge < -0.3 is 4.42 Å². The number of hydrogen-bond donors (Lipinski definition) is 0. The Bertz CT molecular complexity index is 673. The normalized spacial score (nSPS) is 28.4. The monoisotopic (exact) mass is 288 g/mol. The fourth-order valence-electron chi connectivity index (χ4n) is 4.12. The molecular formula is C17H17ClO2. The van der Waals surface area contributed by atoms with Crippen molar-refractivity contribution in [2.45, 2.75) is 32.1 Å². The predicted octanol–water partition coefficient (Wildman–Crippen LogP) is 5.10. The molecule has 0 saturated heterocycles. The van der Waals surface area contributed by atoms with Crippen LogP contribution in [-0.2, 0) is 0 Å². The second kappa shape index (κ2) is 4.63. The van der Waals surface area contributed by atoms with Crippen LogP contribution in [0.2, 0.25) is 5.02 Å². The second-order valence-electron chi connectivity index (χ2n) is 6.36. The van der Waals surface area contributed by atoms with Crippen molar-refractivity contribution in [3.05, 3.63) is 35.0 Å². The predicted molar refractivity (Wildman–Crippen MR) is 79.1 cm³/mol. The molecule has 2 nitrogen and oxygen atoms in total. The molecule has 1 aromatic heterocycles. The molecule has 3 atom stereocenters. The molecule has 4 rings (SSSR count). The number of Topliss-reactive ketones (excluding diaryl/α,β-unsaturated/α-hetero) is 1. The molecule has 2 aromatic rings. The topological polar surface area (TPSA) is 30.2 Å². The molecule has 2 aliphatic rings. The number of fused-ring (bicyclic) bond motifs is 3. The van der Waals surface area contributed by atoms with Crippen molar-refractivity contribution in [3.63, 3.8) is 0 Å². The van der Waals surface area contributed by atoms with Crippen molar-refractivity contribution in [2.75, 3.05) is 0 Å². The summed E-state index contributed by atoms with van der Waals surface area (Å²) in [6.07, 6.45) is 5.92. The van der Waals surface area contributed by atoms with Crippen LogP contribution in [-0.4, -0.2) is 5.78 Å². The van der Waals surface area contributed by atoms with E-state index in [4.69, 9.17) is 16.0 Å². The van der Waals surface area contributed by atoms with Crippen LogP contribution in [0.3, 0.4) is 0 Å². The number of rotatable bonds is 3. The SMILES string of the molecule is O=C(CC1CC2CCC1C2)c1cc2cc(Cl)ccc2o1. The lowest BCUT2D eigenvalue weighted by molar-refractivity contribution is 0.0919. The van der Waals surface area contributed by atoms with E-state index < -0.39 is 0 Å². The third-order valence-corrected chi connectivity index (χ3v) is 5.32. The summed E-state index contributed by atoms with van der Waals surface area (Å²) < 4.78 is 5.67. The summed E-state index contributed by atoms with van der Waals surface area (Å²) in [5.74, 6) is 2.88. The molecule has 2 aliphatic carbocycles.